The number of carboxylic acid groups (broad SMARTS) is 1. The number of benzene rings is 1. The van der Waals surface area contributed by atoms with Gasteiger partial charge in [0.2, 0.25) is 16.6 Å². The summed E-state index contributed by atoms with van der Waals surface area (Å²) in [6.07, 6.45) is 11.2. The molecule has 4 saturated carbocycles. The van der Waals surface area contributed by atoms with Crippen LogP contribution in [0.25, 0.3) is 0 Å². The Morgan fingerprint density at radius 3 is 1.26 bits per heavy atom. The number of rotatable bonds is 7. The zero-order valence-electron chi connectivity index (χ0n) is 42.0. The van der Waals surface area contributed by atoms with Crippen molar-refractivity contribution in [1.29, 1.82) is 0 Å². The van der Waals surface area contributed by atoms with Gasteiger partial charge in [-0.1, -0.05) is 63.6 Å². The van der Waals surface area contributed by atoms with Gasteiger partial charge in [-0.15, -0.1) is 5.00 Å². The minimum absolute atomic E-state index is 0. The van der Waals surface area contributed by atoms with E-state index in [-0.39, 0.29) is 38.0 Å². The zero-order valence-corrected chi connectivity index (χ0v) is 47.5. The van der Waals surface area contributed by atoms with Crippen molar-refractivity contribution in [3.8, 4) is 0 Å². The van der Waals surface area contributed by atoms with Crippen LogP contribution in [-0.2, 0) is 24.9 Å². The van der Waals surface area contributed by atoms with Gasteiger partial charge in [0, 0.05) is 56.2 Å². The molecule has 6 aliphatic rings. The average Bonchev–Trinajstić information content (AvgIpc) is 3.23. The van der Waals surface area contributed by atoms with Gasteiger partial charge in [0.05, 0.1) is 7.11 Å². The molecule has 0 bridgehead atoms. The van der Waals surface area contributed by atoms with Gasteiger partial charge in [0.1, 0.15) is 17.5 Å². The fourth-order valence-electron chi connectivity index (χ4n) is 6.04. The number of nitrogens with two attached hydrogens (primary N) is 3. The molecule has 5 aliphatic carbocycles. The van der Waals surface area contributed by atoms with Crippen molar-refractivity contribution in [2.75, 3.05) is 20.2 Å². The van der Waals surface area contributed by atoms with Crippen molar-refractivity contribution in [3.63, 3.8) is 0 Å². The first-order chi connectivity index (χ1) is 29.1. The zero-order chi connectivity index (χ0) is 48.6. The molecule has 8 N–H and O–H groups in total. The number of carbonyl (C=O) groups is 1. The summed E-state index contributed by atoms with van der Waals surface area (Å²) in [5.74, 6) is 3.38. The maximum Gasteiger partial charge on any atom is 1.00 e. The van der Waals surface area contributed by atoms with Crippen LogP contribution in [0.4, 0.5) is 13.2 Å². The van der Waals surface area contributed by atoms with E-state index in [9.17, 15) is 13.2 Å². The number of hydrogen-bond acceptors (Lipinski definition) is 10. The number of allylic oxidation sites excluding steroid dienone is 3. The monoisotopic (exact) mass is 1000 g/mol. The second kappa shape index (κ2) is 35.5. The number of hydrogen-bond donors (Lipinski definition) is 5. The van der Waals surface area contributed by atoms with E-state index in [4.69, 9.17) is 59.3 Å². The van der Waals surface area contributed by atoms with E-state index < -0.39 is 28.8 Å². The van der Waals surface area contributed by atoms with E-state index >= 15 is 0 Å². The third kappa shape index (κ3) is 34.4. The smallest absolute Gasteiger partial charge is 0.545 e. The summed E-state index contributed by atoms with van der Waals surface area (Å²) in [6.45, 7) is 28.3. The minimum Gasteiger partial charge on any atom is -0.545 e. The summed E-state index contributed by atoms with van der Waals surface area (Å²) < 4.78 is 43.4. The van der Waals surface area contributed by atoms with Gasteiger partial charge >= 0.3 is 35.7 Å². The Balaban J connectivity index is -0.000000699. The first-order valence-electron chi connectivity index (χ1n) is 22.8. The van der Waals surface area contributed by atoms with Gasteiger partial charge in [0.15, 0.2) is 0 Å². The molecule has 1 aliphatic heterocycles. The van der Waals surface area contributed by atoms with E-state index in [0.717, 1.165) is 59.0 Å². The van der Waals surface area contributed by atoms with Crippen LogP contribution >= 0.6 is 23.4 Å². The first kappa shape index (κ1) is 68.7. The number of piperidine rings is 1. The summed E-state index contributed by atoms with van der Waals surface area (Å²) in [5, 5.41) is 13.0. The largest absolute Gasteiger partial charge is 1.00 e. The van der Waals surface area contributed by atoms with Crippen molar-refractivity contribution >= 4 is 54.4 Å². The average molecular weight is 1010 g/mol. The third-order valence-electron chi connectivity index (χ3n) is 11.6. The molecule has 7 atom stereocenters. The normalized spacial score (nSPS) is 25.0. The van der Waals surface area contributed by atoms with Crippen molar-refractivity contribution in [2.24, 2.45) is 46.8 Å². The summed E-state index contributed by atoms with van der Waals surface area (Å²) in [5.41, 5.74) is 19.4. The number of carbonyl (C=O) groups excluding carboxylic acids is 1. The van der Waals surface area contributed by atoms with Gasteiger partial charge in [-0.05, 0) is 170 Å². The van der Waals surface area contributed by atoms with Gasteiger partial charge in [0.25, 0.3) is 0 Å². The Hall–Kier alpha value is -0.601. The van der Waals surface area contributed by atoms with E-state index in [1.54, 1.807) is 0 Å². The molecule has 1 aromatic rings. The summed E-state index contributed by atoms with van der Waals surface area (Å²) in [4.78, 5) is 14.7. The summed E-state index contributed by atoms with van der Waals surface area (Å²) in [6, 6.07) is 9.85. The number of aliphatic carboxylic acids is 1. The van der Waals surface area contributed by atoms with Crippen molar-refractivity contribution in [1.82, 2.24) is 10.3 Å². The molecule has 1 aromatic carbocycles. The van der Waals surface area contributed by atoms with E-state index in [1.165, 1.54) is 102 Å². The molecule has 0 aromatic heterocycles. The standard InChI is InChI=1S/C12H16ClN.C10H22O2Si2.C6H10.3C5H11N.C2HF3O2.CH4ClNO.B.Na/c13-12-3-1-10(2-4-12)9-11-5-7-14-8-6-11;1-13(2,3)11-9-7-8-10(9)12-14(4,5)6;1-5-3-4-6(5)2;3*1-4-2-3-5(4)6;3-2(4,5)1(6)7;1-4-3-2;;/h1-4,11,14H,5-9H2;7-8H2,1-6H3;6H,1,3-4H2,2H3;3*4-5H,2-3,6H2,1H3;(H,6,7);3H,1H3;;/q;;;;;;;;;+1/p-1/t;;;4-,5+;2*4-,5-;;;;/m...011..../s1. The van der Waals surface area contributed by atoms with Crippen molar-refractivity contribution < 1.29 is 66.3 Å². The fourth-order valence-corrected chi connectivity index (χ4v) is 8.07. The van der Waals surface area contributed by atoms with Crippen molar-refractivity contribution in [2.45, 2.75) is 175 Å². The molecule has 371 valence electrons. The molecule has 3 radical (unpaired) electrons. The maximum atomic E-state index is 10.5. The topological polar surface area (TPSA) is 170 Å². The van der Waals surface area contributed by atoms with Crippen LogP contribution in [0, 0.1) is 29.6 Å². The predicted molar refractivity (Wildman–Crippen MR) is 265 cm³/mol. The molecule has 0 amide bonds. The van der Waals surface area contributed by atoms with Gasteiger partial charge in [-0.3, -0.25) is 4.84 Å². The third-order valence-corrected chi connectivity index (χ3v) is 13.7. The summed E-state index contributed by atoms with van der Waals surface area (Å²) >= 11 is 10.6. The van der Waals surface area contributed by atoms with Gasteiger partial charge in [-0.2, -0.15) is 13.2 Å². The maximum absolute atomic E-state index is 10.5. The first-order valence-corrected chi connectivity index (χ1v) is 30.3. The molecule has 65 heavy (non-hydrogen) atoms. The van der Waals surface area contributed by atoms with Gasteiger partial charge < -0.3 is 41.3 Å². The minimum atomic E-state index is -5.19. The van der Waals surface area contributed by atoms with Crippen LogP contribution in [-0.4, -0.2) is 75.5 Å². The number of carboxylic acids is 1. The molecule has 10 nitrogen and oxygen atoms in total. The number of halogens is 5. The molecule has 1 heterocycles. The molecule has 5 fully saturated rings. The Kier molecular flexibility index (Phi) is 37.5. The van der Waals surface area contributed by atoms with Crippen LogP contribution < -0.4 is 62.2 Å². The Bertz CT molecular complexity index is 1370. The number of alkyl halides is 3. The Morgan fingerprint density at radius 1 is 0.769 bits per heavy atom. The van der Waals surface area contributed by atoms with Gasteiger partial charge in [-0.25, -0.2) is 0 Å². The number of nitrogens with one attached hydrogen (secondary N) is 2. The quantitative estimate of drug-likeness (QED) is 0.0831. The predicted octanol–water partition coefficient (Wildman–Crippen LogP) is 6.99. The Labute approximate surface area is 428 Å². The molecule has 0 spiro atoms. The summed E-state index contributed by atoms with van der Waals surface area (Å²) in [7, 11) is -1.42. The molecule has 19 heteroatoms. The Morgan fingerprint density at radius 2 is 1.09 bits per heavy atom. The van der Waals surface area contributed by atoms with Crippen LogP contribution in [0.1, 0.15) is 110 Å². The SMILES string of the molecule is C=C1CCC1C.CONCl.C[C@@H]1CC[C@H]1N.C[C@@H]1CC[C@H]1N.C[C@H]1CC[C@H]1N.C[Si](C)(C)OC1=C(O[Si](C)(C)C)CC1.Clc1ccc(CC2CCNCC2)cc1.O=C([O-])C(F)(F)F.[B].[Na+]. The van der Waals surface area contributed by atoms with Crippen LogP contribution in [0.3, 0.4) is 0 Å². The molecule has 1 unspecified atom stereocenters. The van der Waals surface area contributed by atoms with Crippen LogP contribution in [0.5, 0.6) is 0 Å². The van der Waals surface area contributed by atoms with E-state index in [0.29, 0.717) is 18.1 Å². The second-order valence-corrected chi connectivity index (χ2v) is 29.1. The van der Waals surface area contributed by atoms with E-state index in [1.807, 2.05) is 17.1 Å². The van der Waals surface area contributed by atoms with E-state index in [2.05, 4.69) is 95.8 Å². The fraction of sp³-hybridized carbons (Fsp3) is 0.761. The molecule has 7 rings (SSSR count). The molecular weight excluding hydrogens is 920 g/mol. The second-order valence-electron chi connectivity index (χ2n) is 19.6. The van der Waals surface area contributed by atoms with Crippen molar-refractivity contribution in [3.05, 3.63) is 58.5 Å². The molecule has 1 saturated heterocycles. The van der Waals surface area contributed by atoms with Crippen LogP contribution in [0.15, 0.2) is 47.9 Å². The van der Waals surface area contributed by atoms with Crippen LogP contribution in [0.2, 0.25) is 44.3 Å². The molecular formula is C46H85BCl2F3N5NaO5Si2.